The number of nitrogens with zero attached hydrogens (tertiary/aromatic N) is 1. The van der Waals surface area contributed by atoms with Crippen LogP contribution < -0.4 is 0 Å². The first-order valence-electron chi connectivity index (χ1n) is 6.21. The van der Waals surface area contributed by atoms with Crippen LogP contribution in [0.4, 0.5) is 0 Å². The van der Waals surface area contributed by atoms with Crippen LogP contribution in [0, 0.1) is 11.8 Å². The summed E-state index contributed by atoms with van der Waals surface area (Å²) in [5.41, 5.74) is 0. The zero-order valence-electron chi connectivity index (χ0n) is 9.89. The second-order valence-electron chi connectivity index (χ2n) is 5.21. The molecule has 3 unspecified atom stereocenters. The van der Waals surface area contributed by atoms with Gasteiger partial charge in [0.15, 0.2) is 0 Å². The van der Waals surface area contributed by atoms with Crippen molar-refractivity contribution in [3.05, 3.63) is 0 Å². The maximum absolute atomic E-state index is 11.2. The molecule has 16 heavy (non-hydrogen) atoms. The summed E-state index contributed by atoms with van der Waals surface area (Å²) >= 11 is 0. The van der Waals surface area contributed by atoms with Crippen LogP contribution in [0.15, 0.2) is 0 Å². The van der Waals surface area contributed by atoms with Gasteiger partial charge in [0.25, 0.3) is 0 Å². The molecular formula is C12H21NO3. The Bertz CT molecular complexity index is 251. The highest BCUT2D eigenvalue weighted by atomic mass is 16.5. The van der Waals surface area contributed by atoms with Gasteiger partial charge in [0.1, 0.15) is 6.04 Å². The Morgan fingerprint density at radius 3 is 2.94 bits per heavy atom. The van der Waals surface area contributed by atoms with Crippen LogP contribution in [-0.4, -0.2) is 48.3 Å². The fourth-order valence-electron chi connectivity index (χ4n) is 2.72. The van der Waals surface area contributed by atoms with Gasteiger partial charge in [-0.25, -0.2) is 0 Å². The number of rotatable bonds is 3. The first-order chi connectivity index (χ1) is 7.66. The number of hydrogen-bond acceptors (Lipinski definition) is 3. The van der Waals surface area contributed by atoms with Gasteiger partial charge in [0, 0.05) is 13.2 Å². The predicted molar refractivity (Wildman–Crippen MR) is 60.3 cm³/mol. The largest absolute Gasteiger partial charge is 0.480 e. The molecule has 0 amide bonds. The number of ether oxygens (including phenoxy) is 1. The lowest BCUT2D eigenvalue weighted by Crippen LogP contribution is -2.48. The Labute approximate surface area is 96.6 Å². The standard InChI is InChI=1S/C12H21NO3/c1-9-2-4-13(11(6-9)12(14)15)7-10-3-5-16-8-10/h9-11H,2-8H2,1H3,(H,14,15). The van der Waals surface area contributed by atoms with E-state index in [0.29, 0.717) is 11.8 Å². The van der Waals surface area contributed by atoms with Gasteiger partial charge in [0.05, 0.1) is 6.61 Å². The summed E-state index contributed by atoms with van der Waals surface area (Å²) in [6.07, 6.45) is 3.00. The van der Waals surface area contributed by atoms with Crippen molar-refractivity contribution in [1.29, 1.82) is 0 Å². The average Bonchev–Trinajstić information content (AvgIpc) is 2.73. The summed E-state index contributed by atoms with van der Waals surface area (Å²) in [6.45, 7) is 5.61. The minimum absolute atomic E-state index is 0.274. The Kier molecular flexibility index (Phi) is 3.82. The van der Waals surface area contributed by atoms with Gasteiger partial charge >= 0.3 is 5.97 Å². The van der Waals surface area contributed by atoms with Gasteiger partial charge in [-0.05, 0) is 37.6 Å². The second kappa shape index (κ2) is 5.15. The van der Waals surface area contributed by atoms with E-state index in [1.54, 1.807) is 0 Å². The number of carboxylic acids is 1. The van der Waals surface area contributed by atoms with Crippen LogP contribution in [0.25, 0.3) is 0 Å². The van der Waals surface area contributed by atoms with E-state index in [0.717, 1.165) is 45.6 Å². The molecule has 0 radical (unpaired) electrons. The molecule has 92 valence electrons. The Hall–Kier alpha value is -0.610. The first kappa shape index (κ1) is 11.9. The van der Waals surface area contributed by atoms with E-state index in [9.17, 15) is 9.90 Å². The van der Waals surface area contributed by atoms with Crippen molar-refractivity contribution in [2.75, 3.05) is 26.3 Å². The number of piperidine rings is 1. The fourth-order valence-corrected chi connectivity index (χ4v) is 2.72. The molecule has 4 heteroatoms. The molecule has 0 spiro atoms. The Morgan fingerprint density at radius 1 is 1.50 bits per heavy atom. The summed E-state index contributed by atoms with van der Waals surface area (Å²) in [5, 5.41) is 9.23. The van der Waals surface area contributed by atoms with Crippen LogP contribution in [0.3, 0.4) is 0 Å². The molecule has 0 aromatic rings. The number of likely N-dealkylation sites (tertiary alicyclic amines) is 1. The molecule has 2 aliphatic heterocycles. The Morgan fingerprint density at radius 2 is 2.31 bits per heavy atom. The third-order valence-electron chi connectivity index (χ3n) is 3.78. The highest BCUT2D eigenvalue weighted by Crippen LogP contribution is 2.25. The molecule has 2 fully saturated rings. The van der Waals surface area contributed by atoms with Crippen molar-refractivity contribution in [3.8, 4) is 0 Å². The van der Waals surface area contributed by atoms with Crippen LogP contribution in [0.1, 0.15) is 26.2 Å². The van der Waals surface area contributed by atoms with E-state index >= 15 is 0 Å². The maximum atomic E-state index is 11.2. The van der Waals surface area contributed by atoms with Crippen molar-refractivity contribution in [3.63, 3.8) is 0 Å². The molecule has 2 rings (SSSR count). The molecule has 0 aromatic carbocycles. The molecule has 0 saturated carbocycles. The van der Waals surface area contributed by atoms with Crippen molar-refractivity contribution < 1.29 is 14.6 Å². The lowest BCUT2D eigenvalue weighted by atomic mass is 9.91. The second-order valence-corrected chi connectivity index (χ2v) is 5.21. The Balaban J connectivity index is 1.92. The molecule has 1 N–H and O–H groups in total. The van der Waals surface area contributed by atoms with E-state index in [1.807, 2.05) is 0 Å². The SMILES string of the molecule is CC1CCN(CC2CCOC2)C(C(=O)O)C1. The van der Waals surface area contributed by atoms with Gasteiger partial charge in [-0.1, -0.05) is 6.92 Å². The number of hydrogen-bond donors (Lipinski definition) is 1. The lowest BCUT2D eigenvalue weighted by molar-refractivity contribution is -0.145. The van der Waals surface area contributed by atoms with Crippen molar-refractivity contribution in [2.45, 2.75) is 32.2 Å². The van der Waals surface area contributed by atoms with Crippen molar-refractivity contribution in [2.24, 2.45) is 11.8 Å². The van der Waals surface area contributed by atoms with Gasteiger partial charge in [-0.15, -0.1) is 0 Å². The monoisotopic (exact) mass is 227 g/mol. The molecule has 0 bridgehead atoms. The normalized spacial score (nSPS) is 36.4. The minimum atomic E-state index is -0.662. The van der Waals surface area contributed by atoms with Gasteiger partial charge < -0.3 is 9.84 Å². The smallest absolute Gasteiger partial charge is 0.320 e. The zero-order chi connectivity index (χ0) is 11.5. The highest BCUT2D eigenvalue weighted by Gasteiger charge is 2.33. The minimum Gasteiger partial charge on any atom is -0.480 e. The molecule has 0 aliphatic carbocycles. The molecule has 2 saturated heterocycles. The van der Waals surface area contributed by atoms with Gasteiger partial charge in [-0.3, -0.25) is 9.69 Å². The summed E-state index contributed by atoms with van der Waals surface area (Å²) in [4.78, 5) is 13.4. The third kappa shape index (κ3) is 2.74. The average molecular weight is 227 g/mol. The summed E-state index contributed by atoms with van der Waals surface area (Å²) in [7, 11) is 0. The van der Waals surface area contributed by atoms with E-state index in [1.165, 1.54) is 0 Å². The molecule has 2 aliphatic rings. The molecule has 3 atom stereocenters. The van der Waals surface area contributed by atoms with Crippen molar-refractivity contribution in [1.82, 2.24) is 4.90 Å². The van der Waals surface area contributed by atoms with Gasteiger partial charge in [0.2, 0.25) is 0 Å². The third-order valence-corrected chi connectivity index (χ3v) is 3.78. The predicted octanol–water partition coefficient (Wildman–Crippen LogP) is 1.21. The first-order valence-corrected chi connectivity index (χ1v) is 6.21. The van der Waals surface area contributed by atoms with E-state index in [2.05, 4.69) is 11.8 Å². The van der Waals surface area contributed by atoms with E-state index in [-0.39, 0.29) is 6.04 Å². The summed E-state index contributed by atoms with van der Waals surface area (Å²) in [6, 6.07) is -0.274. The fraction of sp³-hybridized carbons (Fsp3) is 0.917. The molecule has 4 nitrogen and oxygen atoms in total. The maximum Gasteiger partial charge on any atom is 0.320 e. The van der Waals surface area contributed by atoms with Crippen LogP contribution >= 0.6 is 0 Å². The summed E-state index contributed by atoms with van der Waals surface area (Å²) < 4.78 is 5.34. The number of carboxylic acid groups (broad SMARTS) is 1. The van der Waals surface area contributed by atoms with Crippen molar-refractivity contribution >= 4 is 5.97 Å². The van der Waals surface area contributed by atoms with Gasteiger partial charge in [-0.2, -0.15) is 0 Å². The molecule has 2 heterocycles. The molecule has 0 aromatic heterocycles. The quantitative estimate of drug-likeness (QED) is 0.787. The number of aliphatic carboxylic acids is 1. The van der Waals surface area contributed by atoms with Crippen LogP contribution in [0.5, 0.6) is 0 Å². The zero-order valence-corrected chi connectivity index (χ0v) is 9.89. The summed E-state index contributed by atoms with van der Waals surface area (Å²) in [5.74, 6) is 0.415. The lowest BCUT2D eigenvalue weighted by Gasteiger charge is -2.37. The molecular weight excluding hydrogens is 206 g/mol. The van der Waals surface area contributed by atoms with Crippen LogP contribution in [0.2, 0.25) is 0 Å². The van der Waals surface area contributed by atoms with Crippen LogP contribution in [-0.2, 0) is 9.53 Å². The topological polar surface area (TPSA) is 49.8 Å². The highest BCUT2D eigenvalue weighted by molar-refractivity contribution is 5.73. The number of carbonyl (C=O) groups is 1. The van der Waals surface area contributed by atoms with E-state index < -0.39 is 5.97 Å². The van der Waals surface area contributed by atoms with E-state index in [4.69, 9.17) is 4.74 Å².